The van der Waals surface area contributed by atoms with Gasteiger partial charge >= 0.3 is 6.09 Å². The first-order chi connectivity index (χ1) is 9.26. The predicted molar refractivity (Wildman–Crippen MR) is 71.5 cm³/mol. The summed E-state index contributed by atoms with van der Waals surface area (Å²) in [7, 11) is 0. The lowest BCUT2D eigenvalue weighted by atomic mass is 10.2. The third-order valence-electron chi connectivity index (χ3n) is 3.03. The summed E-state index contributed by atoms with van der Waals surface area (Å²) in [4.78, 5) is 14.9. The molecule has 1 heterocycles. The van der Waals surface area contributed by atoms with Crippen molar-refractivity contribution >= 4 is 17.5 Å². The van der Waals surface area contributed by atoms with Crippen molar-refractivity contribution in [2.75, 3.05) is 49.3 Å². The number of aliphatic hydroxyl groups excluding tert-OH is 2. The van der Waals surface area contributed by atoms with Crippen LogP contribution in [0.15, 0.2) is 24.3 Å². The highest BCUT2D eigenvalue weighted by atomic mass is 16.6. The number of carbonyl (C=O) groups is 1. The zero-order chi connectivity index (χ0) is 13.7. The zero-order valence-electron chi connectivity index (χ0n) is 10.7. The molecule has 1 aliphatic rings. The Kier molecular flexibility index (Phi) is 4.59. The molecular formula is C13H18N2O4. The van der Waals surface area contributed by atoms with Gasteiger partial charge in [0.2, 0.25) is 0 Å². The van der Waals surface area contributed by atoms with Gasteiger partial charge in [0, 0.05) is 24.5 Å². The van der Waals surface area contributed by atoms with E-state index in [9.17, 15) is 4.79 Å². The van der Waals surface area contributed by atoms with Gasteiger partial charge in [-0.05, 0) is 24.3 Å². The maximum Gasteiger partial charge on any atom is 0.414 e. The summed E-state index contributed by atoms with van der Waals surface area (Å²) in [5, 5.41) is 18.0. The van der Waals surface area contributed by atoms with Crippen molar-refractivity contribution in [1.82, 2.24) is 0 Å². The van der Waals surface area contributed by atoms with Crippen molar-refractivity contribution in [3.63, 3.8) is 0 Å². The lowest BCUT2D eigenvalue weighted by molar-refractivity contribution is 0.181. The number of ether oxygens (including phenoxy) is 1. The SMILES string of the molecule is O=C1OCCN1c1ccc(N(CCO)CCO)cc1. The number of cyclic esters (lactones) is 1. The van der Waals surface area contributed by atoms with Crippen LogP contribution in [0.25, 0.3) is 0 Å². The molecule has 2 N–H and O–H groups in total. The maximum absolute atomic E-state index is 11.4. The van der Waals surface area contributed by atoms with Crippen LogP contribution < -0.4 is 9.80 Å². The molecule has 0 unspecified atom stereocenters. The quantitative estimate of drug-likeness (QED) is 0.781. The highest BCUT2D eigenvalue weighted by Crippen LogP contribution is 2.22. The smallest absolute Gasteiger partial charge is 0.414 e. The highest BCUT2D eigenvalue weighted by Gasteiger charge is 2.23. The molecular weight excluding hydrogens is 248 g/mol. The van der Waals surface area contributed by atoms with E-state index in [4.69, 9.17) is 14.9 Å². The number of hydrogen-bond acceptors (Lipinski definition) is 5. The molecule has 0 bridgehead atoms. The van der Waals surface area contributed by atoms with Crippen molar-refractivity contribution in [3.8, 4) is 0 Å². The van der Waals surface area contributed by atoms with Crippen LogP contribution in [-0.2, 0) is 4.74 Å². The summed E-state index contributed by atoms with van der Waals surface area (Å²) in [5.41, 5.74) is 1.69. The molecule has 6 heteroatoms. The number of rotatable bonds is 6. The third kappa shape index (κ3) is 3.15. The Morgan fingerprint density at radius 1 is 1.16 bits per heavy atom. The Morgan fingerprint density at radius 3 is 2.26 bits per heavy atom. The summed E-state index contributed by atoms with van der Waals surface area (Å²) in [6, 6.07) is 7.41. The highest BCUT2D eigenvalue weighted by molar-refractivity contribution is 5.89. The lowest BCUT2D eigenvalue weighted by Crippen LogP contribution is -2.29. The molecule has 6 nitrogen and oxygen atoms in total. The minimum Gasteiger partial charge on any atom is -0.447 e. The van der Waals surface area contributed by atoms with E-state index >= 15 is 0 Å². The maximum atomic E-state index is 11.4. The normalized spacial score (nSPS) is 14.6. The van der Waals surface area contributed by atoms with Crippen LogP contribution in [0.4, 0.5) is 16.2 Å². The van der Waals surface area contributed by atoms with Gasteiger partial charge in [-0.1, -0.05) is 0 Å². The first kappa shape index (κ1) is 13.6. The number of hydrogen-bond donors (Lipinski definition) is 2. The summed E-state index contributed by atoms with van der Waals surface area (Å²) < 4.78 is 4.89. The van der Waals surface area contributed by atoms with Crippen LogP contribution >= 0.6 is 0 Å². The first-order valence-corrected chi connectivity index (χ1v) is 6.27. The van der Waals surface area contributed by atoms with Gasteiger partial charge in [0.1, 0.15) is 6.61 Å². The molecule has 1 aromatic carbocycles. The summed E-state index contributed by atoms with van der Waals surface area (Å²) in [5.74, 6) is 0. The fourth-order valence-electron chi connectivity index (χ4n) is 2.08. The Labute approximate surface area is 111 Å². The average Bonchev–Trinajstić information content (AvgIpc) is 2.85. The number of nitrogens with zero attached hydrogens (tertiary/aromatic N) is 2. The standard InChI is InChI=1S/C13H18N2O4/c16-8-5-14(6-9-17)11-1-3-12(4-2-11)15-7-10-19-13(15)18/h1-4,16-17H,5-10H2. The Morgan fingerprint density at radius 2 is 1.79 bits per heavy atom. The number of amides is 1. The largest absolute Gasteiger partial charge is 0.447 e. The molecule has 1 aromatic rings. The van der Waals surface area contributed by atoms with Gasteiger partial charge in [0.05, 0.1) is 19.8 Å². The Bertz CT molecular complexity index is 415. The van der Waals surface area contributed by atoms with Gasteiger partial charge in [-0.3, -0.25) is 4.90 Å². The van der Waals surface area contributed by atoms with Crippen LogP contribution in [0.3, 0.4) is 0 Å². The van der Waals surface area contributed by atoms with Crippen LogP contribution in [0.5, 0.6) is 0 Å². The molecule has 0 aromatic heterocycles. The molecule has 1 aliphatic heterocycles. The van der Waals surface area contributed by atoms with E-state index in [1.807, 2.05) is 29.2 Å². The zero-order valence-corrected chi connectivity index (χ0v) is 10.7. The number of aliphatic hydroxyl groups is 2. The summed E-state index contributed by atoms with van der Waals surface area (Å²) >= 11 is 0. The molecule has 0 radical (unpaired) electrons. The van der Waals surface area contributed by atoms with Gasteiger partial charge in [-0.25, -0.2) is 4.79 Å². The fraction of sp³-hybridized carbons (Fsp3) is 0.462. The van der Waals surface area contributed by atoms with Crippen molar-refractivity contribution in [1.29, 1.82) is 0 Å². The molecule has 1 fully saturated rings. The molecule has 0 spiro atoms. The van der Waals surface area contributed by atoms with Gasteiger partial charge in [-0.15, -0.1) is 0 Å². The predicted octanol–water partition coefficient (Wildman–Crippen LogP) is 0.434. The third-order valence-corrected chi connectivity index (χ3v) is 3.03. The minimum absolute atomic E-state index is 0.0280. The van der Waals surface area contributed by atoms with Crippen LogP contribution in [-0.4, -0.2) is 55.8 Å². The van der Waals surface area contributed by atoms with Crippen molar-refractivity contribution in [2.45, 2.75) is 0 Å². The van der Waals surface area contributed by atoms with E-state index in [2.05, 4.69) is 0 Å². The van der Waals surface area contributed by atoms with E-state index in [-0.39, 0.29) is 19.3 Å². The second kappa shape index (κ2) is 6.40. The molecule has 104 valence electrons. The Hall–Kier alpha value is -1.79. The topological polar surface area (TPSA) is 73.2 Å². The van der Waals surface area contributed by atoms with Crippen LogP contribution in [0.2, 0.25) is 0 Å². The Balaban J connectivity index is 2.10. The summed E-state index contributed by atoms with van der Waals surface area (Å²) in [6.45, 7) is 1.97. The second-order valence-electron chi connectivity index (χ2n) is 4.22. The molecule has 0 aliphatic carbocycles. The first-order valence-electron chi connectivity index (χ1n) is 6.27. The molecule has 0 saturated carbocycles. The molecule has 2 rings (SSSR count). The van der Waals surface area contributed by atoms with Crippen molar-refractivity contribution in [3.05, 3.63) is 24.3 Å². The van der Waals surface area contributed by atoms with Gasteiger partial charge < -0.3 is 19.8 Å². The number of benzene rings is 1. The number of carbonyl (C=O) groups excluding carboxylic acids is 1. The van der Waals surface area contributed by atoms with Crippen molar-refractivity contribution in [2.24, 2.45) is 0 Å². The van der Waals surface area contributed by atoms with Gasteiger partial charge in [0.25, 0.3) is 0 Å². The molecule has 1 amide bonds. The second-order valence-corrected chi connectivity index (χ2v) is 4.22. The molecule has 19 heavy (non-hydrogen) atoms. The molecule has 0 atom stereocenters. The minimum atomic E-state index is -0.324. The van der Waals surface area contributed by atoms with Crippen LogP contribution in [0, 0.1) is 0 Å². The lowest BCUT2D eigenvalue weighted by Gasteiger charge is -2.23. The van der Waals surface area contributed by atoms with E-state index in [1.165, 1.54) is 0 Å². The fourth-order valence-corrected chi connectivity index (χ4v) is 2.08. The molecule has 1 saturated heterocycles. The van der Waals surface area contributed by atoms with E-state index in [1.54, 1.807) is 4.90 Å². The number of anilines is 2. The van der Waals surface area contributed by atoms with Gasteiger partial charge in [0.15, 0.2) is 0 Å². The van der Waals surface area contributed by atoms with E-state index in [0.29, 0.717) is 26.2 Å². The monoisotopic (exact) mass is 266 g/mol. The summed E-state index contributed by atoms with van der Waals surface area (Å²) in [6.07, 6.45) is -0.324. The van der Waals surface area contributed by atoms with E-state index in [0.717, 1.165) is 11.4 Å². The van der Waals surface area contributed by atoms with E-state index < -0.39 is 0 Å². The van der Waals surface area contributed by atoms with Crippen LogP contribution in [0.1, 0.15) is 0 Å². The average molecular weight is 266 g/mol. The van der Waals surface area contributed by atoms with Crippen molar-refractivity contribution < 1.29 is 19.7 Å². The van der Waals surface area contributed by atoms with Gasteiger partial charge in [-0.2, -0.15) is 0 Å².